The number of aromatic hydroxyl groups is 1. The second kappa shape index (κ2) is 7.73. The van der Waals surface area contributed by atoms with Crippen LogP contribution in [0, 0.1) is 18.6 Å². The number of rotatable bonds is 3. The Morgan fingerprint density at radius 1 is 0.963 bits per heavy atom. The Balaban J connectivity index is 1.62. The number of phenolic OH excluding ortho intramolecular Hbond substituents is 1. The van der Waals surface area contributed by atoms with Gasteiger partial charge < -0.3 is 14.9 Å². The van der Waals surface area contributed by atoms with Crippen LogP contribution in [0.1, 0.15) is 21.5 Å². The van der Waals surface area contributed by atoms with Gasteiger partial charge in [0.2, 0.25) is 5.91 Å². The highest BCUT2D eigenvalue weighted by Gasteiger charge is 2.29. The van der Waals surface area contributed by atoms with Gasteiger partial charge in [-0.15, -0.1) is 0 Å². The van der Waals surface area contributed by atoms with Crippen molar-refractivity contribution in [1.29, 1.82) is 0 Å². The average molecular weight is 374 g/mol. The van der Waals surface area contributed by atoms with Crippen molar-refractivity contribution in [1.82, 2.24) is 9.80 Å². The molecule has 1 saturated heterocycles. The molecule has 1 N–H and O–H groups in total. The van der Waals surface area contributed by atoms with Crippen LogP contribution in [-0.4, -0.2) is 52.9 Å². The van der Waals surface area contributed by atoms with Gasteiger partial charge in [-0.25, -0.2) is 8.78 Å². The lowest BCUT2D eigenvalue weighted by Crippen LogP contribution is -2.51. The zero-order valence-electron chi connectivity index (χ0n) is 14.9. The Bertz CT molecular complexity index is 860. The van der Waals surface area contributed by atoms with Crippen molar-refractivity contribution in [2.75, 3.05) is 26.2 Å². The van der Waals surface area contributed by atoms with Crippen LogP contribution in [0.5, 0.6) is 5.75 Å². The second-order valence-corrected chi connectivity index (χ2v) is 6.59. The third kappa shape index (κ3) is 4.07. The monoisotopic (exact) mass is 374 g/mol. The van der Waals surface area contributed by atoms with E-state index in [9.17, 15) is 23.5 Å². The van der Waals surface area contributed by atoms with Crippen molar-refractivity contribution in [3.05, 3.63) is 64.7 Å². The normalized spacial score (nSPS) is 14.3. The van der Waals surface area contributed by atoms with Gasteiger partial charge in [0.25, 0.3) is 5.91 Å². The molecule has 3 rings (SSSR count). The number of phenols is 1. The van der Waals surface area contributed by atoms with E-state index in [-0.39, 0.29) is 25.4 Å². The molecular weight excluding hydrogens is 354 g/mol. The van der Waals surface area contributed by atoms with Crippen molar-refractivity contribution in [2.45, 2.75) is 13.3 Å². The molecule has 1 aliphatic rings. The number of piperazine rings is 1. The molecule has 1 aliphatic heterocycles. The number of carbonyl (C=O) groups excluding carboxylic acids is 2. The summed E-state index contributed by atoms with van der Waals surface area (Å²) in [5, 5.41) is 9.38. The predicted molar refractivity (Wildman–Crippen MR) is 95.4 cm³/mol. The maximum Gasteiger partial charge on any atom is 0.260 e. The van der Waals surface area contributed by atoms with Gasteiger partial charge in [-0.05, 0) is 24.6 Å². The molecule has 0 saturated carbocycles. The fourth-order valence-electron chi connectivity index (χ4n) is 3.05. The van der Waals surface area contributed by atoms with Crippen LogP contribution in [-0.2, 0) is 11.2 Å². The van der Waals surface area contributed by atoms with Crippen molar-refractivity contribution in [3.63, 3.8) is 0 Å². The van der Waals surface area contributed by atoms with Crippen LogP contribution < -0.4 is 0 Å². The van der Waals surface area contributed by atoms with E-state index in [1.165, 1.54) is 4.90 Å². The Morgan fingerprint density at radius 3 is 2.19 bits per heavy atom. The van der Waals surface area contributed by atoms with Gasteiger partial charge >= 0.3 is 0 Å². The molecule has 2 amide bonds. The molecule has 1 heterocycles. The van der Waals surface area contributed by atoms with E-state index in [4.69, 9.17) is 0 Å². The summed E-state index contributed by atoms with van der Waals surface area (Å²) >= 11 is 0. The van der Waals surface area contributed by atoms with Crippen LogP contribution in [0.4, 0.5) is 8.78 Å². The van der Waals surface area contributed by atoms with Gasteiger partial charge in [0.15, 0.2) is 11.6 Å². The van der Waals surface area contributed by atoms with Crippen molar-refractivity contribution >= 4 is 11.8 Å². The van der Waals surface area contributed by atoms with Gasteiger partial charge in [-0.2, -0.15) is 0 Å². The zero-order valence-corrected chi connectivity index (χ0v) is 14.9. The largest absolute Gasteiger partial charge is 0.505 e. The summed E-state index contributed by atoms with van der Waals surface area (Å²) in [5.74, 6) is -3.94. The third-order valence-electron chi connectivity index (χ3n) is 4.68. The number of hydrogen-bond acceptors (Lipinski definition) is 3. The molecule has 27 heavy (non-hydrogen) atoms. The molecule has 0 bridgehead atoms. The first-order valence-corrected chi connectivity index (χ1v) is 8.66. The standard InChI is InChI=1S/C20H20F2N2O3/c1-13-2-4-14(5-3-13)12-17(26)23-8-10-24(11-9-23)20(27)18-15(21)6-7-16(25)19(18)22/h2-7,25H,8-12H2,1H3. The summed E-state index contributed by atoms with van der Waals surface area (Å²) in [5.41, 5.74) is 1.26. The number of nitrogens with zero attached hydrogens (tertiary/aromatic N) is 2. The van der Waals surface area contributed by atoms with E-state index < -0.39 is 28.9 Å². The van der Waals surface area contributed by atoms with Crippen molar-refractivity contribution < 1.29 is 23.5 Å². The van der Waals surface area contributed by atoms with E-state index in [0.29, 0.717) is 13.1 Å². The van der Waals surface area contributed by atoms with Crippen molar-refractivity contribution in [3.8, 4) is 5.75 Å². The highest BCUT2D eigenvalue weighted by Crippen LogP contribution is 2.23. The molecule has 142 valence electrons. The van der Waals surface area contributed by atoms with Gasteiger partial charge in [0.05, 0.1) is 6.42 Å². The lowest BCUT2D eigenvalue weighted by atomic mass is 10.1. The number of carbonyl (C=O) groups is 2. The molecule has 0 aromatic heterocycles. The molecule has 0 aliphatic carbocycles. The van der Waals surface area contributed by atoms with Crippen LogP contribution in [0.25, 0.3) is 0 Å². The number of amides is 2. The highest BCUT2D eigenvalue weighted by atomic mass is 19.1. The van der Waals surface area contributed by atoms with Crippen LogP contribution in [0.3, 0.4) is 0 Å². The summed E-state index contributed by atoms with van der Waals surface area (Å²) in [4.78, 5) is 27.8. The average Bonchev–Trinajstić information content (AvgIpc) is 2.67. The van der Waals surface area contributed by atoms with Gasteiger partial charge in [-0.1, -0.05) is 29.8 Å². The Morgan fingerprint density at radius 2 is 1.56 bits per heavy atom. The minimum absolute atomic E-state index is 0.0549. The van der Waals surface area contributed by atoms with E-state index in [1.807, 2.05) is 31.2 Å². The second-order valence-electron chi connectivity index (χ2n) is 6.59. The topological polar surface area (TPSA) is 60.9 Å². The summed E-state index contributed by atoms with van der Waals surface area (Å²) < 4.78 is 27.8. The molecule has 7 heteroatoms. The fourth-order valence-corrected chi connectivity index (χ4v) is 3.05. The minimum atomic E-state index is -1.27. The summed E-state index contributed by atoms with van der Waals surface area (Å²) in [6, 6.07) is 9.41. The highest BCUT2D eigenvalue weighted by molar-refractivity contribution is 5.95. The van der Waals surface area contributed by atoms with Crippen LogP contribution >= 0.6 is 0 Å². The fraction of sp³-hybridized carbons (Fsp3) is 0.300. The van der Waals surface area contributed by atoms with Gasteiger partial charge in [0, 0.05) is 26.2 Å². The molecule has 0 radical (unpaired) electrons. The molecule has 2 aromatic rings. The zero-order chi connectivity index (χ0) is 19.6. The number of benzene rings is 2. The number of aryl methyl sites for hydroxylation is 1. The Hall–Kier alpha value is -2.96. The molecule has 5 nitrogen and oxygen atoms in total. The van der Waals surface area contributed by atoms with Crippen molar-refractivity contribution in [2.24, 2.45) is 0 Å². The van der Waals surface area contributed by atoms with Gasteiger partial charge in [0.1, 0.15) is 11.4 Å². The molecule has 0 unspecified atom stereocenters. The quantitative estimate of drug-likeness (QED) is 0.898. The van der Waals surface area contributed by atoms with Crippen LogP contribution in [0.15, 0.2) is 36.4 Å². The Kier molecular flexibility index (Phi) is 5.39. The minimum Gasteiger partial charge on any atom is -0.505 e. The van der Waals surface area contributed by atoms with E-state index in [0.717, 1.165) is 23.3 Å². The van der Waals surface area contributed by atoms with Gasteiger partial charge in [-0.3, -0.25) is 9.59 Å². The predicted octanol–water partition coefficient (Wildman–Crippen LogP) is 2.51. The molecular formula is C20H20F2N2O3. The summed E-state index contributed by atoms with van der Waals surface area (Å²) in [6.07, 6.45) is 0.268. The first kappa shape index (κ1) is 18.8. The molecule has 0 atom stereocenters. The number of hydrogen-bond donors (Lipinski definition) is 1. The molecule has 2 aromatic carbocycles. The third-order valence-corrected chi connectivity index (χ3v) is 4.68. The van der Waals surface area contributed by atoms with E-state index >= 15 is 0 Å². The maximum atomic E-state index is 13.9. The van der Waals surface area contributed by atoms with E-state index in [2.05, 4.69) is 0 Å². The number of halogens is 2. The lowest BCUT2D eigenvalue weighted by molar-refractivity contribution is -0.131. The van der Waals surface area contributed by atoms with Crippen LogP contribution in [0.2, 0.25) is 0 Å². The van der Waals surface area contributed by atoms with E-state index in [1.54, 1.807) is 4.90 Å². The smallest absolute Gasteiger partial charge is 0.260 e. The summed E-state index contributed by atoms with van der Waals surface area (Å²) in [6.45, 7) is 2.90. The molecule has 1 fully saturated rings. The summed E-state index contributed by atoms with van der Waals surface area (Å²) in [7, 11) is 0. The first-order valence-electron chi connectivity index (χ1n) is 8.66. The Labute approximate surface area is 155 Å². The first-order chi connectivity index (χ1) is 12.9. The SMILES string of the molecule is Cc1ccc(CC(=O)N2CCN(C(=O)c3c(F)ccc(O)c3F)CC2)cc1. The lowest BCUT2D eigenvalue weighted by Gasteiger charge is -2.35. The maximum absolute atomic E-state index is 13.9. The molecule has 0 spiro atoms.